The fourth-order valence-electron chi connectivity index (χ4n) is 3.14. The highest BCUT2D eigenvalue weighted by atomic mass is 16.6. The number of benzene rings is 1. The molecule has 0 saturated carbocycles. The van der Waals surface area contributed by atoms with Gasteiger partial charge < -0.3 is 14.0 Å². The van der Waals surface area contributed by atoms with Crippen LogP contribution in [-0.2, 0) is 16.5 Å². The molecular formula is C18H18N4O4. The summed E-state index contributed by atoms with van der Waals surface area (Å²) in [6.07, 6.45) is 1.39. The lowest BCUT2D eigenvalue weighted by molar-refractivity contribution is 0.0771. The Morgan fingerprint density at radius 1 is 1.31 bits per heavy atom. The summed E-state index contributed by atoms with van der Waals surface area (Å²) in [5, 5.41) is 10.9. The second kappa shape index (κ2) is 6.30. The minimum Gasteiger partial charge on any atom is -0.441 e. The summed E-state index contributed by atoms with van der Waals surface area (Å²) in [6, 6.07) is 7.18. The lowest BCUT2D eigenvalue weighted by atomic mass is 9.99. The Bertz CT molecular complexity index is 1050. The van der Waals surface area contributed by atoms with E-state index < -0.39 is 12.2 Å². The molecule has 0 saturated heterocycles. The van der Waals surface area contributed by atoms with Crippen molar-refractivity contribution < 1.29 is 14.3 Å². The van der Waals surface area contributed by atoms with Gasteiger partial charge in [-0.3, -0.25) is 15.2 Å². The van der Waals surface area contributed by atoms with E-state index in [1.807, 2.05) is 18.2 Å². The number of pyridine rings is 1. The van der Waals surface area contributed by atoms with Gasteiger partial charge in [-0.25, -0.2) is 4.79 Å². The smallest absolute Gasteiger partial charge is 0.412 e. The quantitative estimate of drug-likeness (QED) is 0.750. The van der Waals surface area contributed by atoms with Crippen LogP contribution >= 0.6 is 0 Å². The fraction of sp³-hybridized carbons (Fsp3) is 0.278. The van der Waals surface area contributed by atoms with Crippen molar-refractivity contribution >= 4 is 22.7 Å². The fourth-order valence-corrected chi connectivity index (χ4v) is 3.14. The monoisotopic (exact) mass is 354 g/mol. The Balaban J connectivity index is 1.84. The first-order valence-corrected chi connectivity index (χ1v) is 8.22. The summed E-state index contributed by atoms with van der Waals surface area (Å²) in [5.41, 5.74) is 3.63. The number of amides is 1. The minimum absolute atomic E-state index is 0.106. The van der Waals surface area contributed by atoms with Crippen molar-refractivity contribution in [3.8, 4) is 11.3 Å². The molecule has 0 spiro atoms. The highest BCUT2D eigenvalue weighted by Crippen LogP contribution is 2.38. The summed E-state index contributed by atoms with van der Waals surface area (Å²) >= 11 is 0. The molecule has 0 fully saturated rings. The number of anilines is 1. The zero-order valence-electron chi connectivity index (χ0n) is 14.4. The molecule has 1 unspecified atom stereocenters. The molecule has 1 aromatic carbocycles. The lowest BCUT2D eigenvalue weighted by Crippen LogP contribution is -2.25. The number of ether oxygens (including phenoxy) is 2. The van der Waals surface area contributed by atoms with Gasteiger partial charge in [0.25, 0.3) is 5.56 Å². The van der Waals surface area contributed by atoms with Gasteiger partial charge in [-0.05, 0) is 18.2 Å². The van der Waals surface area contributed by atoms with E-state index in [1.54, 1.807) is 26.4 Å². The second-order valence-corrected chi connectivity index (χ2v) is 6.22. The Kier molecular flexibility index (Phi) is 3.96. The summed E-state index contributed by atoms with van der Waals surface area (Å²) in [7, 11) is 3.31. The van der Waals surface area contributed by atoms with E-state index in [-0.39, 0.29) is 5.56 Å². The van der Waals surface area contributed by atoms with Gasteiger partial charge in [0, 0.05) is 49.4 Å². The normalized spacial score (nSPS) is 16.2. The molecule has 1 amide bonds. The summed E-state index contributed by atoms with van der Waals surface area (Å²) in [5.74, 6) is 0. The molecule has 0 aliphatic carbocycles. The number of hydrogen-bond acceptors (Lipinski definition) is 5. The van der Waals surface area contributed by atoms with Crippen molar-refractivity contribution in [1.82, 2.24) is 14.8 Å². The number of nitrogens with zero attached hydrogens (tertiary/aromatic N) is 2. The third kappa shape index (κ3) is 2.74. The van der Waals surface area contributed by atoms with Crippen LogP contribution in [0.3, 0.4) is 0 Å². The molecule has 26 heavy (non-hydrogen) atoms. The molecule has 1 aliphatic heterocycles. The van der Waals surface area contributed by atoms with E-state index in [0.29, 0.717) is 24.4 Å². The number of carbonyl (C=O) groups excluding carboxylic acids is 1. The third-order valence-electron chi connectivity index (χ3n) is 4.53. The zero-order valence-corrected chi connectivity index (χ0v) is 14.4. The maximum Gasteiger partial charge on any atom is 0.412 e. The molecule has 0 bridgehead atoms. The molecule has 3 aromatic rings. The Labute approximate surface area is 148 Å². The highest BCUT2D eigenvalue weighted by Gasteiger charge is 2.27. The predicted octanol–water partition coefficient (Wildman–Crippen LogP) is 2.57. The van der Waals surface area contributed by atoms with Crippen LogP contribution in [0.4, 0.5) is 10.5 Å². The molecule has 1 aliphatic rings. The van der Waals surface area contributed by atoms with Crippen molar-refractivity contribution in [1.29, 1.82) is 0 Å². The number of rotatable bonds is 4. The van der Waals surface area contributed by atoms with Gasteiger partial charge in [0.05, 0.1) is 17.8 Å². The van der Waals surface area contributed by atoms with Crippen molar-refractivity contribution in [3.05, 3.63) is 46.4 Å². The number of aromatic nitrogens is 3. The van der Waals surface area contributed by atoms with Gasteiger partial charge >= 0.3 is 6.09 Å². The zero-order chi connectivity index (χ0) is 18.3. The van der Waals surface area contributed by atoms with Crippen molar-refractivity contribution in [2.45, 2.75) is 12.5 Å². The maximum atomic E-state index is 12.0. The van der Waals surface area contributed by atoms with Crippen LogP contribution in [0.5, 0.6) is 0 Å². The highest BCUT2D eigenvalue weighted by molar-refractivity contribution is 5.98. The largest absolute Gasteiger partial charge is 0.441 e. The number of fused-ring (bicyclic) bond motifs is 2. The van der Waals surface area contributed by atoms with Crippen LogP contribution in [0, 0.1) is 0 Å². The molecule has 3 heterocycles. The van der Waals surface area contributed by atoms with Crippen LogP contribution in [-0.4, -0.2) is 34.6 Å². The number of carbonyl (C=O) groups is 1. The summed E-state index contributed by atoms with van der Waals surface area (Å²) in [6.45, 7) is 0.475. The first-order chi connectivity index (χ1) is 12.6. The number of nitrogens with one attached hydrogen (secondary N) is 2. The lowest BCUT2D eigenvalue weighted by Gasteiger charge is -2.26. The molecular weight excluding hydrogens is 336 g/mol. The van der Waals surface area contributed by atoms with E-state index in [0.717, 1.165) is 22.0 Å². The van der Waals surface area contributed by atoms with Gasteiger partial charge in [-0.1, -0.05) is 0 Å². The van der Waals surface area contributed by atoms with Gasteiger partial charge in [-0.2, -0.15) is 5.10 Å². The predicted molar refractivity (Wildman–Crippen MR) is 96.1 cm³/mol. The molecule has 0 radical (unpaired) electrons. The van der Waals surface area contributed by atoms with E-state index >= 15 is 0 Å². The molecule has 8 nitrogen and oxygen atoms in total. The third-order valence-corrected chi connectivity index (χ3v) is 4.53. The first kappa shape index (κ1) is 16.3. The van der Waals surface area contributed by atoms with Crippen LogP contribution in [0.25, 0.3) is 22.2 Å². The van der Waals surface area contributed by atoms with Crippen LogP contribution in [0.2, 0.25) is 0 Å². The van der Waals surface area contributed by atoms with Gasteiger partial charge in [0.1, 0.15) is 11.8 Å². The van der Waals surface area contributed by atoms with Crippen molar-refractivity contribution in [3.63, 3.8) is 0 Å². The molecule has 2 aromatic heterocycles. The Morgan fingerprint density at radius 2 is 2.15 bits per heavy atom. The number of cyclic esters (lactones) is 1. The van der Waals surface area contributed by atoms with Crippen LogP contribution < -0.4 is 10.9 Å². The van der Waals surface area contributed by atoms with Crippen molar-refractivity contribution in [2.24, 2.45) is 7.05 Å². The molecule has 4 rings (SSSR count). The number of H-pyrrole nitrogens is 1. The second-order valence-electron chi connectivity index (χ2n) is 6.22. The number of hydrogen-bond donors (Lipinski definition) is 2. The summed E-state index contributed by atoms with van der Waals surface area (Å²) in [4.78, 5) is 23.7. The van der Waals surface area contributed by atoms with E-state index in [4.69, 9.17) is 9.47 Å². The molecule has 134 valence electrons. The van der Waals surface area contributed by atoms with Crippen LogP contribution in [0.15, 0.2) is 35.3 Å². The maximum absolute atomic E-state index is 12.0. The average molecular weight is 354 g/mol. The number of aromatic amines is 1. The minimum atomic E-state index is -0.482. The Hall–Kier alpha value is -3.13. The van der Waals surface area contributed by atoms with E-state index in [9.17, 15) is 9.59 Å². The Morgan fingerprint density at radius 3 is 2.92 bits per heavy atom. The van der Waals surface area contributed by atoms with Gasteiger partial charge in [0.15, 0.2) is 0 Å². The summed E-state index contributed by atoms with van der Waals surface area (Å²) < 4.78 is 12.0. The number of aryl methyl sites for hydroxylation is 1. The van der Waals surface area contributed by atoms with Crippen molar-refractivity contribution in [2.75, 3.05) is 19.0 Å². The first-order valence-electron chi connectivity index (χ1n) is 8.22. The van der Waals surface area contributed by atoms with E-state index in [2.05, 4.69) is 15.5 Å². The van der Waals surface area contributed by atoms with Gasteiger partial charge in [-0.15, -0.1) is 0 Å². The molecule has 1 atom stereocenters. The molecule has 8 heteroatoms. The standard InChI is InChI=1S/C18H18N4O4/c1-22-5-3-10(7-16(22)23)17-12-8-11-13(9-14(12)20-21-17)19-18(24)26-15(11)4-6-25-2/h3,5,7-9,15H,4,6H2,1-2H3,(H,19,24)(H,20,21). The average Bonchev–Trinajstić information content (AvgIpc) is 3.03. The SMILES string of the molecule is COCCC1OC(=O)Nc2cc3[nH]nc(-c4ccn(C)c(=O)c4)c3cc21. The topological polar surface area (TPSA) is 98.2 Å². The molecule has 2 N–H and O–H groups in total. The van der Waals surface area contributed by atoms with Gasteiger partial charge in [0.2, 0.25) is 0 Å². The number of methoxy groups -OCH3 is 1. The van der Waals surface area contributed by atoms with Crippen LogP contribution in [0.1, 0.15) is 18.1 Å². The van der Waals surface area contributed by atoms with E-state index in [1.165, 1.54) is 4.57 Å².